The highest BCUT2D eigenvalue weighted by Crippen LogP contribution is 2.39. The summed E-state index contributed by atoms with van der Waals surface area (Å²) in [4.78, 5) is 14.8. The quantitative estimate of drug-likeness (QED) is 0.663. The molecule has 0 saturated carbocycles. The van der Waals surface area contributed by atoms with E-state index in [1.54, 1.807) is 29.2 Å². The molecule has 1 aliphatic heterocycles. The first-order valence-electron chi connectivity index (χ1n) is 9.36. The molecule has 0 aliphatic carbocycles. The van der Waals surface area contributed by atoms with Crippen LogP contribution < -0.4 is 14.4 Å². The lowest BCUT2D eigenvalue weighted by molar-refractivity contribution is -0.127. The maximum atomic E-state index is 13.1. The zero-order valence-electron chi connectivity index (χ0n) is 16.9. The number of thiophene rings is 1. The third kappa shape index (κ3) is 4.87. The van der Waals surface area contributed by atoms with Crippen molar-refractivity contribution in [3.05, 3.63) is 34.7 Å². The van der Waals surface area contributed by atoms with Gasteiger partial charge in [0.05, 0.1) is 21.1 Å². The maximum absolute atomic E-state index is 13.1. The summed E-state index contributed by atoms with van der Waals surface area (Å²) >= 11 is 6.85. The van der Waals surface area contributed by atoms with E-state index in [2.05, 4.69) is 18.6 Å². The van der Waals surface area contributed by atoms with E-state index < -0.39 is 15.4 Å². The molecule has 1 amide bonds. The van der Waals surface area contributed by atoms with Crippen molar-refractivity contribution >= 4 is 50.2 Å². The highest BCUT2D eigenvalue weighted by molar-refractivity contribution is 7.94. The van der Waals surface area contributed by atoms with E-state index in [4.69, 9.17) is 16.3 Å². The van der Waals surface area contributed by atoms with Gasteiger partial charge in [-0.1, -0.05) is 25.4 Å². The normalized spacial score (nSPS) is 16.3. The van der Waals surface area contributed by atoms with Crippen molar-refractivity contribution in [3.63, 3.8) is 0 Å². The molecule has 9 heteroatoms. The number of fused-ring (bicyclic) bond motifs is 1. The van der Waals surface area contributed by atoms with Crippen LogP contribution in [0.1, 0.15) is 34.1 Å². The Morgan fingerprint density at radius 2 is 2.00 bits per heavy atom. The summed E-state index contributed by atoms with van der Waals surface area (Å²) in [5.41, 5.74) is 0.344. The summed E-state index contributed by atoms with van der Waals surface area (Å²) in [6.07, 6.45) is 0.856. The SMILES string of the molecule is CC(C)CCN1C(=O)C(C)(C)COc2cc(NS(=O)(=O)c3ccc(Cl)s3)ccc21. The van der Waals surface area contributed by atoms with Crippen LogP contribution in [0.3, 0.4) is 0 Å². The summed E-state index contributed by atoms with van der Waals surface area (Å²) in [5.74, 6) is 0.929. The molecule has 6 nitrogen and oxygen atoms in total. The first-order valence-corrected chi connectivity index (χ1v) is 12.0. The molecule has 0 spiro atoms. The Labute approximate surface area is 180 Å². The van der Waals surface area contributed by atoms with Crippen LogP contribution in [0.25, 0.3) is 0 Å². The second kappa shape index (κ2) is 8.16. The van der Waals surface area contributed by atoms with Crippen molar-refractivity contribution in [2.75, 3.05) is 22.8 Å². The number of anilines is 2. The number of hydrogen-bond donors (Lipinski definition) is 1. The lowest BCUT2D eigenvalue weighted by Crippen LogP contribution is -2.42. The highest BCUT2D eigenvalue weighted by atomic mass is 35.5. The minimum atomic E-state index is -3.75. The number of halogens is 1. The van der Waals surface area contributed by atoms with Crippen LogP contribution in [-0.2, 0) is 14.8 Å². The average molecular weight is 457 g/mol. The molecular formula is C20H25ClN2O4S2. The second-order valence-corrected chi connectivity index (χ2v) is 11.8. The van der Waals surface area contributed by atoms with Crippen molar-refractivity contribution < 1.29 is 17.9 Å². The van der Waals surface area contributed by atoms with Gasteiger partial charge in [-0.05, 0) is 50.5 Å². The number of benzene rings is 1. The standard InChI is InChI=1S/C20H25ClN2O4S2/c1-13(2)9-10-23-15-6-5-14(11-16(15)27-12-20(3,4)19(23)24)22-29(25,26)18-8-7-17(21)28-18/h5-8,11,13,22H,9-10,12H2,1-4H3. The number of ether oxygens (including phenoxy) is 1. The molecule has 1 aromatic carbocycles. The Morgan fingerprint density at radius 1 is 1.28 bits per heavy atom. The first kappa shape index (κ1) is 21.9. The molecule has 0 saturated heterocycles. The first-order chi connectivity index (χ1) is 13.5. The fourth-order valence-corrected chi connectivity index (χ4v) is 5.50. The lowest BCUT2D eigenvalue weighted by Gasteiger charge is -2.28. The van der Waals surface area contributed by atoms with Gasteiger partial charge in [0.1, 0.15) is 16.6 Å². The Balaban J connectivity index is 1.93. The van der Waals surface area contributed by atoms with Crippen LogP contribution in [0, 0.1) is 11.3 Å². The molecule has 1 aromatic heterocycles. The zero-order chi connectivity index (χ0) is 21.4. The van der Waals surface area contributed by atoms with Gasteiger partial charge in [-0.25, -0.2) is 8.42 Å². The van der Waals surface area contributed by atoms with Crippen molar-refractivity contribution in [2.45, 2.75) is 38.3 Å². The molecule has 1 aliphatic rings. The average Bonchev–Trinajstić information content (AvgIpc) is 3.04. The molecule has 0 bridgehead atoms. The molecule has 0 atom stereocenters. The van der Waals surface area contributed by atoms with E-state index in [9.17, 15) is 13.2 Å². The molecule has 158 valence electrons. The molecule has 2 heterocycles. The van der Waals surface area contributed by atoms with Crippen LogP contribution in [0.2, 0.25) is 4.34 Å². The number of sulfonamides is 1. The summed E-state index contributed by atoms with van der Waals surface area (Å²) < 4.78 is 34.2. The maximum Gasteiger partial charge on any atom is 0.271 e. The summed E-state index contributed by atoms with van der Waals surface area (Å²) in [6, 6.07) is 8.00. The number of rotatable bonds is 6. The van der Waals surface area contributed by atoms with Gasteiger partial charge in [-0.2, -0.15) is 0 Å². The number of hydrogen-bond acceptors (Lipinski definition) is 5. The highest BCUT2D eigenvalue weighted by Gasteiger charge is 2.37. The van der Waals surface area contributed by atoms with Gasteiger partial charge in [0, 0.05) is 12.6 Å². The lowest BCUT2D eigenvalue weighted by atomic mass is 9.92. The Bertz CT molecular complexity index is 1020. The predicted octanol–water partition coefficient (Wildman–Crippen LogP) is 5.00. The van der Waals surface area contributed by atoms with Crippen LogP contribution in [0.15, 0.2) is 34.5 Å². The smallest absolute Gasteiger partial charge is 0.271 e. The second-order valence-electron chi connectivity index (χ2n) is 8.16. The zero-order valence-corrected chi connectivity index (χ0v) is 19.2. The largest absolute Gasteiger partial charge is 0.490 e. The van der Waals surface area contributed by atoms with E-state index >= 15 is 0 Å². The van der Waals surface area contributed by atoms with E-state index in [0.717, 1.165) is 17.8 Å². The molecule has 0 fully saturated rings. The number of nitrogens with one attached hydrogen (secondary N) is 1. The molecule has 3 rings (SSSR count). The summed E-state index contributed by atoms with van der Waals surface area (Å²) in [7, 11) is -3.75. The van der Waals surface area contributed by atoms with Crippen LogP contribution in [0.4, 0.5) is 11.4 Å². The van der Waals surface area contributed by atoms with Gasteiger partial charge in [-0.15, -0.1) is 11.3 Å². The molecule has 0 radical (unpaired) electrons. The van der Waals surface area contributed by atoms with Crippen molar-refractivity contribution in [2.24, 2.45) is 11.3 Å². The Morgan fingerprint density at radius 3 is 2.62 bits per heavy atom. The minimum absolute atomic E-state index is 0.00143. The van der Waals surface area contributed by atoms with Gasteiger partial charge in [0.25, 0.3) is 10.0 Å². The predicted molar refractivity (Wildman–Crippen MR) is 118 cm³/mol. The molecular weight excluding hydrogens is 432 g/mol. The van der Waals surface area contributed by atoms with Crippen LogP contribution >= 0.6 is 22.9 Å². The van der Waals surface area contributed by atoms with Gasteiger partial charge in [0.2, 0.25) is 5.91 Å². The van der Waals surface area contributed by atoms with Crippen molar-refractivity contribution in [1.29, 1.82) is 0 Å². The molecule has 2 aromatic rings. The summed E-state index contributed by atoms with van der Waals surface area (Å²) in [5, 5.41) is 0. The number of amides is 1. The number of carbonyl (C=O) groups excluding carboxylic acids is 1. The van der Waals surface area contributed by atoms with E-state index in [1.807, 2.05) is 13.8 Å². The van der Waals surface area contributed by atoms with Crippen LogP contribution in [0.5, 0.6) is 5.75 Å². The monoisotopic (exact) mass is 456 g/mol. The third-order valence-corrected chi connectivity index (χ3v) is 7.76. The molecule has 1 N–H and O–H groups in total. The Kier molecular flexibility index (Phi) is 6.17. The van der Waals surface area contributed by atoms with E-state index in [1.165, 1.54) is 6.07 Å². The van der Waals surface area contributed by atoms with Gasteiger partial charge in [0.15, 0.2) is 0 Å². The van der Waals surface area contributed by atoms with Gasteiger partial charge in [-0.3, -0.25) is 9.52 Å². The van der Waals surface area contributed by atoms with Crippen molar-refractivity contribution in [1.82, 2.24) is 0 Å². The minimum Gasteiger partial charge on any atom is -0.490 e. The van der Waals surface area contributed by atoms with Gasteiger partial charge >= 0.3 is 0 Å². The van der Waals surface area contributed by atoms with Gasteiger partial charge < -0.3 is 9.64 Å². The van der Waals surface area contributed by atoms with E-state index in [0.29, 0.717) is 33.9 Å². The fourth-order valence-electron chi connectivity index (χ4n) is 2.97. The molecule has 0 unspecified atom stereocenters. The van der Waals surface area contributed by atoms with Crippen molar-refractivity contribution in [3.8, 4) is 5.75 Å². The van der Waals surface area contributed by atoms with Crippen LogP contribution in [-0.4, -0.2) is 27.5 Å². The van der Waals surface area contributed by atoms with E-state index in [-0.39, 0.29) is 16.7 Å². The number of carbonyl (C=O) groups is 1. The fraction of sp³-hybridized carbons (Fsp3) is 0.450. The molecule has 29 heavy (non-hydrogen) atoms. The Hall–Kier alpha value is -1.77. The number of nitrogens with zero attached hydrogens (tertiary/aromatic N) is 1. The summed E-state index contributed by atoms with van der Waals surface area (Å²) in [6.45, 7) is 8.73. The third-order valence-electron chi connectivity index (χ3n) is 4.66. The topological polar surface area (TPSA) is 75.7 Å².